The molecule has 31 heavy (non-hydrogen) atoms. The van der Waals surface area contributed by atoms with Gasteiger partial charge < -0.3 is 10.6 Å². The molecule has 0 saturated heterocycles. The number of alkyl halides is 3. The molecule has 0 radical (unpaired) electrons. The topological polar surface area (TPSA) is 37.0 Å². The highest BCUT2D eigenvalue weighted by atomic mass is 19.4. The van der Waals surface area contributed by atoms with E-state index in [0.717, 1.165) is 36.5 Å². The van der Waals surface area contributed by atoms with E-state index in [9.17, 15) is 13.2 Å². The molecular formula is C25H22F3N3. The number of pyridine rings is 1. The quantitative estimate of drug-likeness (QED) is 0.376. The molecule has 3 aromatic carbocycles. The fourth-order valence-corrected chi connectivity index (χ4v) is 3.40. The van der Waals surface area contributed by atoms with Gasteiger partial charge in [-0.05, 0) is 34.9 Å². The minimum atomic E-state index is -4.38. The molecule has 158 valence electrons. The normalized spacial score (nSPS) is 11.6. The molecule has 0 aliphatic carbocycles. The van der Waals surface area contributed by atoms with Gasteiger partial charge in [-0.25, -0.2) is 0 Å². The maximum atomic E-state index is 12.9. The SMILES string of the molecule is FC(F)(F)c1ccc2c(NCc3ccc(CNCc4ccccc4)cc3)ccnc2c1. The van der Waals surface area contributed by atoms with E-state index in [0.29, 0.717) is 17.4 Å². The van der Waals surface area contributed by atoms with Crippen LogP contribution in [0.1, 0.15) is 22.3 Å². The predicted molar refractivity (Wildman–Crippen MR) is 117 cm³/mol. The largest absolute Gasteiger partial charge is 0.416 e. The maximum Gasteiger partial charge on any atom is 0.416 e. The Hall–Kier alpha value is -3.38. The molecule has 0 saturated carbocycles. The van der Waals surface area contributed by atoms with E-state index >= 15 is 0 Å². The van der Waals surface area contributed by atoms with Crippen molar-refractivity contribution in [1.82, 2.24) is 10.3 Å². The van der Waals surface area contributed by atoms with Gasteiger partial charge in [-0.15, -0.1) is 0 Å². The Morgan fingerprint density at radius 1 is 0.710 bits per heavy atom. The van der Waals surface area contributed by atoms with Crippen molar-refractivity contribution in [3.8, 4) is 0 Å². The van der Waals surface area contributed by atoms with Crippen LogP contribution in [0.3, 0.4) is 0 Å². The van der Waals surface area contributed by atoms with Crippen molar-refractivity contribution in [3.05, 3.63) is 107 Å². The van der Waals surface area contributed by atoms with E-state index < -0.39 is 11.7 Å². The number of hydrogen-bond acceptors (Lipinski definition) is 3. The van der Waals surface area contributed by atoms with Crippen molar-refractivity contribution < 1.29 is 13.2 Å². The Balaban J connectivity index is 1.36. The third-order valence-corrected chi connectivity index (χ3v) is 5.08. The maximum absolute atomic E-state index is 12.9. The Morgan fingerprint density at radius 2 is 1.35 bits per heavy atom. The van der Waals surface area contributed by atoms with Crippen molar-refractivity contribution >= 4 is 16.6 Å². The number of nitrogens with zero attached hydrogens (tertiary/aromatic N) is 1. The lowest BCUT2D eigenvalue weighted by atomic mass is 10.1. The van der Waals surface area contributed by atoms with Crippen LogP contribution >= 0.6 is 0 Å². The molecule has 0 atom stereocenters. The lowest BCUT2D eigenvalue weighted by Crippen LogP contribution is -2.12. The summed E-state index contributed by atoms with van der Waals surface area (Å²) >= 11 is 0. The first-order valence-corrected chi connectivity index (χ1v) is 10.0. The van der Waals surface area contributed by atoms with Gasteiger partial charge >= 0.3 is 6.18 Å². The number of aromatic nitrogens is 1. The van der Waals surface area contributed by atoms with Gasteiger partial charge in [-0.2, -0.15) is 13.2 Å². The van der Waals surface area contributed by atoms with Gasteiger partial charge in [0, 0.05) is 36.9 Å². The van der Waals surface area contributed by atoms with E-state index in [-0.39, 0.29) is 0 Å². The van der Waals surface area contributed by atoms with Crippen LogP contribution in [0, 0.1) is 0 Å². The van der Waals surface area contributed by atoms with Crippen LogP contribution in [0.15, 0.2) is 85.1 Å². The van der Waals surface area contributed by atoms with E-state index in [1.54, 1.807) is 6.07 Å². The highest BCUT2D eigenvalue weighted by Gasteiger charge is 2.30. The molecule has 1 aromatic heterocycles. The zero-order chi connectivity index (χ0) is 21.7. The monoisotopic (exact) mass is 421 g/mol. The van der Waals surface area contributed by atoms with Crippen molar-refractivity contribution in [2.45, 2.75) is 25.8 Å². The first-order chi connectivity index (χ1) is 15.0. The molecule has 6 heteroatoms. The van der Waals surface area contributed by atoms with E-state index in [2.05, 4.69) is 52.0 Å². The van der Waals surface area contributed by atoms with Gasteiger partial charge in [0.1, 0.15) is 0 Å². The van der Waals surface area contributed by atoms with E-state index in [4.69, 9.17) is 0 Å². The minimum absolute atomic E-state index is 0.319. The van der Waals surface area contributed by atoms with Crippen LogP contribution in [0.2, 0.25) is 0 Å². The molecule has 0 spiro atoms. The summed E-state index contributed by atoms with van der Waals surface area (Å²) in [7, 11) is 0. The van der Waals surface area contributed by atoms with Gasteiger partial charge in [-0.3, -0.25) is 4.98 Å². The molecule has 2 N–H and O–H groups in total. The number of halogens is 3. The summed E-state index contributed by atoms with van der Waals surface area (Å²) in [4.78, 5) is 4.09. The standard InChI is InChI=1S/C25H22F3N3/c26-25(27,28)21-10-11-22-23(12-13-30-24(22)14-21)31-17-20-8-6-19(7-9-20)16-29-15-18-4-2-1-3-5-18/h1-14,29H,15-17H2,(H,30,31). The molecule has 4 rings (SSSR count). The van der Waals surface area contributed by atoms with Crippen molar-refractivity contribution in [3.63, 3.8) is 0 Å². The number of anilines is 1. The predicted octanol–water partition coefficient (Wildman–Crippen LogP) is 6.16. The molecular weight excluding hydrogens is 399 g/mol. The number of benzene rings is 3. The minimum Gasteiger partial charge on any atom is -0.380 e. The number of rotatable bonds is 7. The van der Waals surface area contributed by atoms with Gasteiger partial charge in [-0.1, -0.05) is 60.7 Å². The number of hydrogen-bond donors (Lipinski definition) is 2. The van der Waals surface area contributed by atoms with Crippen LogP contribution in [-0.4, -0.2) is 4.98 Å². The Bertz CT molecular complexity index is 1140. The summed E-state index contributed by atoms with van der Waals surface area (Å²) in [6, 6.07) is 23.9. The highest BCUT2D eigenvalue weighted by Crippen LogP contribution is 2.32. The molecule has 0 bridgehead atoms. The van der Waals surface area contributed by atoms with Crippen LogP contribution in [0.5, 0.6) is 0 Å². The average Bonchev–Trinajstić information content (AvgIpc) is 2.78. The molecule has 0 unspecified atom stereocenters. The molecule has 1 heterocycles. The smallest absolute Gasteiger partial charge is 0.380 e. The number of fused-ring (bicyclic) bond motifs is 1. The van der Waals surface area contributed by atoms with Gasteiger partial charge in [0.05, 0.1) is 11.1 Å². The summed E-state index contributed by atoms with van der Waals surface area (Å²) in [5.41, 5.74) is 3.90. The number of nitrogens with one attached hydrogen (secondary N) is 2. The Labute approximate surface area is 179 Å². The average molecular weight is 421 g/mol. The highest BCUT2D eigenvalue weighted by molar-refractivity contribution is 5.91. The zero-order valence-corrected chi connectivity index (χ0v) is 16.8. The summed E-state index contributed by atoms with van der Waals surface area (Å²) in [6.07, 6.45) is -2.86. The summed E-state index contributed by atoms with van der Waals surface area (Å²) in [5, 5.41) is 7.40. The third-order valence-electron chi connectivity index (χ3n) is 5.08. The fraction of sp³-hybridized carbons (Fsp3) is 0.160. The fourth-order valence-electron chi connectivity index (χ4n) is 3.40. The van der Waals surface area contributed by atoms with Crippen LogP contribution in [-0.2, 0) is 25.8 Å². The van der Waals surface area contributed by atoms with Crippen LogP contribution in [0.4, 0.5) is 18.9 Å². The zero-order valence-electron chi connectivity index (χ0n) is 16.8. The second-order valence-corrected chi connectivity index (χ2v) is 7.35. The first kappa shape index (κ1) is 20.9. The molecule has 0 amide bonds. The van der Waals surface area contributed by atoms with E-state index in [1.807, 2.05) is 18.2 Å². The van der Waals surface area contributed by atoms with Crippen LogP contribution in [0.25, 0.3) is 10.9 Å². The lowest BCUT2D eigenvalue weighted by molar-refractivity contribution is -0.137. The van der Waals surface area contributed by atoms with Crippen LogP contribution < -0.4 is 10.6 Å². The molecule has 3 nitrogen and oxygen atoms in total. The third kappa shape index (κ3) is 5.41. The van der Waals surface area contributed by atoms with Gasteiger partial charge in [0.15, 0.2) is 0 Å². The molecule has 4 aromatic rings. The first-order valence-electron chi connectivity index (χ1n) is 10.0. The summed E-state index contributed by atoms with van der Waals surface area (Å²) < 4.78 is 38.8. The summed E-state index contributed by atoms with van der Waals surface area (Å²) in [5.74, 6) is 0. The van der Waals surface area contributed by atoms with Crippen molar-refractivity contribution in [2.75, 3.05) is 5.32 Å². The second kappa shape index (κ2) is 9.18. The lowest BCUT2D eigenvalue weighted by Gasteiger charge is -2.12. The molecule has 0 aliphatic rings. The van der Waals surface area contributed by atoms with Gasteiger partial charge in [0.25, 0.3) is 0 Å². The van der Waals surface area contributed by atoms with E-state index in [1.165, 1.54) is 23.4 Å². The second-order valence-electron chi connectivity index (χ2n) is 7.35. The molecule has 0 fully saturated rings. The summed E-state index contributed by atoms with van der Waals surface area (Å²) in [6.45, 7) is 2.16. The van der Waals surface area contributed by atoms with Gasteiger partial charge in [0.2, 0.25) is 0 Å². The Kier molecular flexibility index (Phi) is 6.18. The van der Waals surface area contributed by atoms with Crippen molar-refractivity contribution in [1.29, 1.82) is 0 Å². The van der Waals surface area contributed by atoms with Crippen molar-refractivity contribution in [2.24, 2.45) is 0 Å². The Morgan fingerprint density at radius 3 is 2.03 bits per heavy atom. The molecule has 0 aliphatic heterocycles.